The average Bonchev–Trinajstić information content (AvgIpc) is 2.89. The van der Waals surface area contributed by atoms with Crippen LogP contribution in [-0.4, -0.2) is 24.2 Å². The fourth-order valence-corrected chi connectivity index (χ4v) is 1.86. The van der Waals surface area contributed by atoms with E-state index in [2.05, 4.69) is 48.5 Å². The van der Waals surface area contributed by atoms with Gasteiger partial charge in [0, 0.05) is 19.2 Å². The number of nitrogens with one attached hydrogen (secondary N) is 2. The predicted molar refractivity (Wildman–Crippen MR) is 98.2 cm³/mol. The molecule has 5 nitrogen and oxygen atoms in total. The summed E-state index contributed by atoms with van der Waals surface area (Å²) in [7, 11) is 1.78. The lowest BCUT2D eigenvalue weighted by atomic mass is 10.0. The van der Waals surface area contributed by atoms with Gasteiger partial charge in [-0.1, -0.05) is 25.9 Å². The molecule has 0 aliphatic rings. The first-order valence-electron chi connectivity index (χ1n) is 7.46. The van der Waals surface area contributed by atoms with E-state index < -0.39 is 0 Å². The first kappa shape index (κ1) is 20.2. The fourth-order valence-electron chi connectivity index (χ4n) is 1.86. The number of halogens is 1. The summed E-state index contributed by atoms with van der Waals surface area (Å²) >= 11 is 0. The summed E-state index contributed by atoms with van der Waals surface area (Å²) in [6.07, 6.45) is 3.25. The van der Waals surface area contributed by atoms with Crippen molar-refractivity contribution in [2.45, 2.75) is 59.5 Å². The fraction of sp³-hybridized carbons (Fsp3) is 0.733. The van der Waals surface area contributed by atoms with E-state index in [0.717, 1.165) is 36.2 Å². The summed E-state index contributed by atoms with van der Waals surface area (Å²) < 4.78 is 5.24. The zero-order chi connectivity index (χ0) is 15.0. The van der Waals surface area contributed by atoms with E-state index in [1.807, 2.05) is 6.07 Å². The third kappa shape index (κ3) is 8.28. The van der Waals surface area contributed by atoms with Gasteiger partial charge in [0.2, 0.25) is 0 Å². The summed E-state index contributed by atoms with van der Waals surface area (Å²) in [5, 5.41) is 10.6. The normalized spacial score (nSPS) is 13.0. The number of nitrogens with zero attached hydrogens (tertiary/aromatic N) is 2. The highest BCUT2D eigenvalue weighted by atomic mass is 127. The van der Waals surface area contributed by atoms with E-state index in [-0.39, 0.29) is 24.0 Å². The second-order valence-corrected chi connectivity index (χ2v) is 5.58. The van der Waals surface area contributed by atoms with Gasteiger partial charge in [-0.25, -0.2) is 0 Å². The zero-order valence-electron chi connectivity index (χ0n) is 13.8. The highest BCUT2D eigenvalue weighted by Gasteiger charge is 2.08. The molecule has 0 radical (unpaired) electrons. The number of rotatable bonds is 7. The second-order valence-electron chi connectivity index (χ2n) is 5.58. The zero-order valence-corrected chi connectivity index (χ0v) is 16.1. The van der Waals surface area contributed by atoms with Crippen molar-refractivity contribution in [2.24, 2.45) is 10.9 Å². The van der Waals surface area contributed by atoms with Crippen LogP contribution in [0.3, 0.4) is 0 Å². The van der Waals surface area contributed by atoms with Gasteiger partial charge in [0.25, 0.3) is 0 Å². The molecule has 1 atom stereocenters. The Kier molecular flexibility index (Phi) is 10.5. The van der Waals surface area contributed by atoms with Crippen LogP contribution in [0.2, 0.25) is 0 Å². The van der Waals surface area contributed by atoms with Crippen molar-refractivity contribution < 1.29 is 4.52 Å². The van der Waals surface area contributed by atoms with Gasteiger partial charge >= 0.3 is 0 Å². The van der Waals surface area contributed by atoms with Crippen molar-refractivity contribution >= 4 is 29.9 Å². The molecular formula is C15H29IN4O. The first-order valence-corrected chi connectivity index (χ1v) is 7.46. The van der Waals surface area contributed by atoms with Crippen molar-refractivity contribution in [3.8, 4) is 0 Å². The van der Waals surface area contributed by atoms with Gasteiger partial charge in [0.15, 0.2) is 11.7 Å². The monoisotopic (exact) mass is 408 g/mol. The molecule has 0 bridgehead atoms. The Hall–Kier alpha value is -0.790. The van der Waals surface area contributed by atoms with E-state index >= 15 is 0 Å². The number of hydrogen-bond donors (Lipinski definition) is 2. The molecule has 2 N–H and O–H groups in total. The molecule has 0 aromatic carbocycles. The third-order valence-corrected chi connectivity index (χ3v) is 3.18. The Morgan fingerprint density at radius 3 is 2.57 bits per heavy atom. The van der Waals surface area contributed by atoms with Gasteiger partial charge in [-0.15, -0.1) is 24.0 Å². The second kappa shape index (κ2) is 10.9. The van der Waals surface area contributed by atoms with Gasteiger partial charge in [-0.3, -0.25) is 4.99 Å². The Bertz CT molecular complexity index is 418. The molecule has 1 unspecified atom stereocenters. The van der Waals surface area contributed by atoms with E-state index in [4.69, 9.17) is 4.52 Å². The van der Waals surface area contributed by atoms with Gasteiger partial charge in [0.1, 0.15) is 0 Å². The van der Waals surface area contributed by atoms with Crippen LogP contribution in [0, 0.1) is 5.92 Å². The van der Waals surface area contributed by atoms with E-state index in [0.29, 0.717) is 12.6 Å². The van der Waals surface area contributed by atoms with Crippen LogP contribution in [0.5, 0.6) is 0 Å². The van der Waals surface area contributed by atoms with Crippen LogP contribution in [0.4, 0.5) is 0 Å². The van der Waals surface area contributed by atoms with Gasteiger partial charge in [-0.2, -0.15) is 0 Å². The molecule has 122 valence electrons. The average molecular weight is 408 g/mol. The lowest BCUT2D eigenvalue weighted by Crippen LogP contribution is -2.41. The predicted octanol–water partition coefficient (Wildman–Crippen LogP) is 3.34. The summed E-state index contributed by atoms with van der Waals surface area (Å²) in [6, 6.07) is 2.38. The molecule has 1 aromatic rings. The van der Waals surface area contributed by atoms with Crippen LogP contribution in [-0.2, 0) is 13.0 Å². The summed E-state index contributed by atoms with van der Waals surface area (Å²) in [5.41, 5.74) is 0.982. The van der Waals surface area contributed by atoms with Gasteiger partial charge in [0.05, 0.1) is 12.2 Å². The Labute approximate surface area is 145 Å². The van der Waals surface area contributed by atoms with Gasteiger partial charge < -0.3 is 15.2 Å². The van der Waals surface area contributed by atoms with Crippen LogP contribution in [0.1, 0.15) is 52.0 Å². The molecule has 0 aliphatic carbocycles. The van der Waals surface area contributed by atoms with Crippen molar-refractivity contribution in [1.82, 2.24) is 15.8 Å². The van der Waals surface area contributed by atoms with Crippen LogP contribution < -0.4 is 10.6 Å². The highest BCUT2D eigenvalue weighted by molar-refractivity contribution is 14.0. The maximum absolute atomic E-state index is 5.24. The molecule has 0 saturated heterocycles. The molecule has 0 fully saturated rings. The summed E-state index contributed by atoms with van der Waals surface area (Å²) in [6.45, 7) is 9.33. The van der Waals surface area contributed by atoms with Gasteiger partial charge in [-0.05, 0) is 32.1 Å². The smallest absolute Gasteiger partial charge is 0.191 e. The molecule has 21 heavy (non-hydrogen) atoms. The molecule has 1 heterocycles. The minimum absolute atomic E-state index is 0. The summed E-state index contributed by atoms with van der Waals surface area (Å²) in [5.74, 6) is 2.37. The molecule has 1 rings (SSSR count). The Balaban J connectivity index is 0.00000400. The summed E-state index contributed by atoms with van der Waals surface area (Å²) in [4.78, 5) is 4.23. The molecule has 0 spiro atoms. The largest absolute Gasteiger partial charge is 0.359 e. The van der Waals surface area contributed by atoms with E-state index in [1.54, 1.807) is 7.05 Å². The van der Waals surface area contributed by atoms with Crippen molar-refractivity contribution in [3.05, 3.63) is 17.5 Å². The van der Waals surface area contributed by atoms with Crippen LogP contribution in [0.25, 0.3) is 0 Å². The topological polar surface area (TPSA) is 62.5 Å². The standard InChI is InChI=1S/C15H28N4O.HI/c1-6-13-9-14(20-19-13)10-17-15(16-5)18-12(4)8-7-11(2)3;/h9,11-12H,6-8,10H2,1-5H3,(H2,16,17,18);1H. The van der Waals surface area contributed by atoms with Crippen molar-refractivity contribution in [2.75, 3.05) is 7.05 Å². The van der Waals surface area contributed by atoms with Crippen LogP contribution >= 0.6 is 24.0 Å². The maximum atomic E-state index is 5.24. The number of aryl methyl sites for hydroxylation is 1. The number of hydrogen-bond acceptors (Lipinski definition) is 3. The Morgan fingerprint density at radius 1 is 1.33 bits per heavy atom. The lowest BCUT2D eigenvalue weighted by molar-refractivity contribution is 0.374. The number of aliphatic imine (C=N–C) groups is 1. The molecule has 6 heteroatoms. The third-order valence-electron chi connectivity index (χ3n) is 3.18. The van der Waals surface area contributed by atoms with Crippen LogP contribution in [0.15, 0.2) is 15.6 Å². The maximum Gasteiger partial charge on any atom is 0.191 e. The van der Waals surface area contributed by atoms with Crippen molar-refractivity contribution in [1.29, 1.82) is 0 Å². The molecule has 0 saturated carbocycles. The first-order chi connectivity index (χ1) is 9.55. The lowest BCUT2D eigenvalue weighted by Gasteiger charge is -2.18. The number of guanidine groups is 1. The number of aromatic nitrogens is 1. The van der Waals surface area contributed by atoms with E-state index in [9.17, 15) is 0 Å². The molecule has 0 amide bonds. The molecule has 1 aromatic heterocycles. The highest BCUT2D eigenvalue weighted by Crippen LogP contribution is 2.06. The Morgan fingerprint density at radius 2 is 2.05 bits per heavy atom. The molecular weight excluding hydrogens is 379 g/mol. The SMILES string of the molecule is CCc1cc(CNC(=NC)NC(C)CCC(C)C)on1.I. The molecule has 0 aliphatic heterocycles. The minimum atomic E-state index is 0. The quantitative estimate of drug-likeness (QED) is 0.413. The minimum Gasteiger partial charge on any atom is -0.359 e. The van der Waals surface area contributed by atoms with E-state index in [1.165, 1.54) is 6.42 Å². The van der Waals surface area contributed by atoms with Crippen molar-refractivity contribution in [3.63, 3.8) is 0 Å².